The standard InChI is InChI=1S/C23H28FN3O2/c1-17(8-9-19-6-4-3-5-7-19)25-23(29)27-14-12-26(13-15-27)22-11-10-20(18(2)28)16-21(22)24/h3-7,10-11,16-17H,8-9,12-15H2,1-2H3,(H,25,29). The SMILES string of the molecule is CC(=O)c1ccc(N2CCN(C(=O)NC(C)CCc3ccccc3)CC2)c(F)c1. The molecule has 1 N–H and O–H groups in total. The van der Waals surface area contributed by atoms with E-state index in [4.69, 9.17) is 0 Å². The summed E-state index contributed by atoms with van der Waals surface area (Å²) in [5, 5.41) is 3.06. The summed E-state index contributed by atoms with van der Waals surface area (Å²) in [6, 6.07) is 14.8. The molecule has 0 radical (unpaired) electrons. The minimum absolute atomic E-state index is 0.0717. The van der Waals surface area contributed by atoms with Crippen LogP contribution < -0.4 is 10.2 Å². The van der Waals surface area contributed by atoms with Crippen LogP contribution in [0.25, 0.3) is 0 Å². The van der Waals surface area contributed by atoms with Gasteiger partial charge in [0.2, 0.25) is 0 Å². The van der Waals surface area contributed by atoms with Gasteiger partial charge in [0.05, 0.1) is 5.69 Å². The Labute approximate surface area is 171 Å². The second kappa shape index (κ2) is 9.54. The van der Waals surface area contributed by atoms with E-state index >= 15 is 0 Å². The number of nitrogens with one attached hydrogen (secondary N) is 1. The van der Waals surface area contributed by atoms with Crippen LogP contribution >= 0.6 is 0 Å². The lowest BCUT2D eigenvalue weighted by Gasteiger charge is -2.36. The van der Waals surface area contributed by atoms with Crippen LogP contribution in [0.4, 0.5) is 14.9 Å². The van der Waals surface area contributed by atoms with E-state index in [1.165, 1.54) is 18.6 Å². The predicted octanol–water partition coefficient (Wildman–Crippen LogP) is 3.88. The van der Waals surface area contributed by atoms with Gasteiger partial charge < -0.3 is 15.1 Å². The molecule has 1 aliphatic heterocycles. The number of hydrogen-bond donors (Lipinski definition) is 1. The number of urea groups is 1. The zero-order valence-corrected chi connectivity index (χ0v) is 17.0. The third-order valence-electron chi connectivity index (χ3n) is 5.34. The molecule has 2 aromatic rings. The third-order valence-corrected chi connectivity index (χ3v) is 5.34. The monoisotopic (exact) mass is 397 g/mol. The van der Waals surface area contributed by atoms with Crippen molar-refractivity contribution in [2.45, 2.75) is 32.7 Å². The van der Waals surface area contributed by atoms with Crippen LogP contribution in [0.15, 0.2) is 48.5 Å². The Morgan fingerprint density at radius 2 is 1.76 bits per heavy atom. The van der Waals surface area contributed by atoms with E-state index < -0.39 is 5.82 Å². The molecule has 154 valence electrons. The van der Waals surface area contributed by atoms with Gasteiger partial charge in [-0.05, 0) is 50.5 Å². The number of piperazine rings is 1. The van der Waals surface area contributed by atoms with Crippen LogP contribution in [-0.4, -0.2) is 48.9 Å². The maximum atomic E-state index is 14.4. The summed E-state index contributed by atoms with van der Waals surface area (Å²) >= 11 is 0. The lowest BCUT2D eigenvalue weighted by molar-refractivity contribution is 0.101. The minimum atomic E-state index is -0.398. The van der Waals surface area contributed by atoms with E-state index in [1.807, 2.05) is 30.0 Å². The van der Waals surface area contributed by atoms with Gasteiger partial charge in [-0.15, -0.1) is 0 Å². The van der Waals surface area contributed by atoms with E-state index in [9.17, 15) is 14.0 Å². The molecular formula is C23H28FN3O2. The van der Waals surface area contributed by atoms with Crippen molar-refractivity contribution in [3.8, 4) is 0 Å². The van der Waals surface area contributed by atoms with Gasteiger partial charge in [-0.2, -0.15) is 0 Å². The number of amides is 2. The summed E-state index contributed by atoms with van der Waals surface area (Å²) in [5.41, 5.74) is 2.11. The highest BCUT2D eigenvalue weighted by molar-refractivity contribution is 5.94. The van der Waals surface area contributed by atoms with Gasteiger partial charge in [0.1, 0.15) is 5.82 Å². The largest absolute Gasteiger partial charge is 0.366 e. The van der Waals surface area contributed by atoms with Gasteiger partial charge in [0.25, 0.3) is 0 Å². The normalized spacial score (nSPS) is 15.1. The average molecular weight is 397 g/mol. The molecule has 1 heterocycles. The summed E-state index contributed by atoms with van der Waals surface area (Å²) in [5.74, 6) is -0.552. The van der Waals surface area contributed by atoms with Crippen LogP contribution in [0.2, 0.25) is 0 Å². The van der Waals surface area contributed by atoms with Gasteiger partial charge in [0.15, 0.2) is 5.78 Å². The first kappa shape index (κ1) is 20.8. The Bertz CT molecular complexity index is 848. The topological polar surface area (TPSA) is 52.7 Å². The molecular weight excluding hydrogens is 369 g/mol. The zero-order valence-electron chi connectivity index (χ0n) is 17.0. The highest BCUT2D eigenvalue weighted by Crippen LogP contribution is 2.22. The Morgan fingerprint density at radius 3 is 2.38 bits per heavy atom. The van der Waals surface area contributed by atoms with Crippen molar-refractivity contribution in [2.75, 3.05) is 31.1 Å². The molecule has 2 aromatic carbocycles. The number of rotatable bonds is 6. The van der Waals surface area contributed by atoms with Gasteiger partial charge in [-0.1, -0.05) is 30.3 Å². The number of halogens is 1. The quantitative estimate of drug-likeness (QED) is 0.753. The average Bonchev–Trinajstić information content (AvgIpc) is 2.73. The lowest BCUT2D eigenvalue weighted by Crippen LogP contribution is -2.53. The molecule has 1 saturated heterocycles. The second-order valence-electron chi connectivity index (χ2n) is 7.57. The Hall–Kier alpha value is -2.89. The molecule has 29 heavy (non-hydrogen) atoms. The molecule has 1 aliphatic rings. The lowest BCUT2D eigenvalue weighted by atomic mass is 10.1. The van der Waals surface area contributed by atoms with E-state index in [0.29, 0.717) is 37.4 Å². The Kier molecular flexibility index (Phi) is 6.86. The summed E-state index contributed by atoms with van der Waals surface area (Å²) in [7, 11) is 0. The fourth-order valence-corrected chi connectivity index (χ4v) is 3.53. The van der Waals surface area contributed by atoms with Gasteiger partial charge in [-0.3, -0.25) is 4.79 Å². The molecule has 5 nitrogen and oxygen atoms in total. The highest BCUT2D eigenvalue weighted by Gasteiger charge is 2.23. The molecule has 1 atom stereocenters. The van der Waals surface area contributed by atoms with Crippen LogP contribution in [0.5, 0.6) is 0 Å². The van der Waals surface area contributed by atoms with Gasteiger partial charge >= 0.3 is 6.03 Å². The number of benzene rings is 2. The van der Waals surface area contributed by atoms with Crippen molar-refractivity contribution >= 4 is 17.5 Å². The van der Waals surface area contributed by atoms with Gasteiger partial charge in [-0.25, -0.2) is 9.18 Å². The first-order valence-electron chi connectivity index (χ1n) is 10.1. The molecule has 1 unspecified atom stereocenters. The first-order chi connectivity index (χ1) is 13.9. The third kappa shape index (κ3) is 5.56. The van der Waals surface area contributed by atoms with E-state index in [-0.39, 0.29) is 17.9 Å². The van der Waals surface area contributed by atoms with Gasteiger partial charge in [0, 0.05) is 37.8 Å². The van der Waals surface area contributed by atoms with Crippen molar-refractivity contribution in [3.05, 3.63) is 65.5 Å². The van der Waals surface area contributed by atoms with Crippen LogP contribution in [0.1, 0.15) is 36.2 Å². The number of nitrogens with zero attached hydrogens (tertiary/aromatic N) is 2. The van der Waals surface area contributed by atoms with Crippen LogP contribution in [0.3, 0.4) is 0 Å². The molecule has 0 aliphatic carbocycles. The summed E-state index contributed by atoms with van der Waals surface area (Å²) in [6.07, 6.45) is 1.80. The highest BCUT2D eigenvalue weighted by atomic mass is 19.1. The minimum Gasteiger partial charge on any atom is -0.366 e. The molecule has 1 fully saturated rings. The van der Waals surface area contributed by atoms with Crippen molar-refractivity contribution in [3.63, 3.8) is 0 Å². The van der Waals surface area contributed by atoms with E-state index in [1.54, 1.807) is 17.0 Å². The number of Topliss-reactive ketones (excluding diaryl/α,β-unsaturated/α-hetero) is 1. The fourth-order valence-electron chi connectivity index (χ4n) is 3.53. The number of ketones is 1. The van der Waals surface area contributed by atoms with E-state index in [0.717, 1.165) is 12.8 Å². The molecule has 0 spiro atoms. The smallest absolute Gasteiger partial charge is 0.317 e. The number of hydrogen-bond acceptors (Lipinski definition) is 3. The molecule has 0 bridgehead atoms. The predicted molar refractivity (Wildman–Crippen MR) is 113 cm³/mol. The maximum Gasteiger partial charge on any atom is 0.317 e. The Morgan fingerprint density at radius 1 is 1.07 bits per heavy atom. The summed E-state index contributed by atoms with van der Waals surface area (Å²) < 4.78 is 14.4. The molecule has 0 aromatic heterocycles. The first-order valence-corrected chi connectivity index (χ1v) is 10.1. The van der Waals surface area contributed by atoms with Crippen LogP contribution in [-0.2, 0) is 6.42 Å². The number of anilines is 1. The molecule has 2 amide bonds. The van der Waals surface area contributed by atoms with Crippen molar-refractivity contribution < 1.29 is 14.0 Å². The van der Waals surface area contributed by atoms with Crippen molar-refractivity contribution in [1.29, 1.82) is 0 Å². The Balaban J connectivity index is 1.47. The maximum absolute atomic E-state index is 14.4. The number of carbonyl (C=O) groups is 2. The number of aryl methyl sites for hydroxylation is 1. The zero-order chi connectivity index (χ0) is 20.8. The molecule has 0 saturated carbocycles. The summed E-state index contributed by atoms with van der Waals surface area (Å²) in [6.45, 7) is 5.62. The van der Waals surface area contributed by atoms with Crippen molar-refractivity contribution in [2.24, 2.45) is 0 Å². The summed E-state index contributed by atoms with van der Waals surface area (Å²) in [4.78, 5) is 27.6. The van der Waals surface area contributed by atoms with E-state index in [2.05, 4.69) is 17.4 Å². The second-order valence-corrected chi connectivity index (χ2v) is 7.57. The van der Waals surface area contributed by atoms with Crippen LogP contribution in [0, 0.1) is 5.82 Å². The number of carbonyl (C=O) groups excluding carboxylic acids is 2. The van der Waals surface area contributed by atoms with Crippen molar-refractivity contribution in [1.82, 2.24) is 10.2 Å². The fraction of sp³-hybridized carbons (Fsp3) is 0.391. The molecule has 6 heteroatoms. The molecule has 3 rings (SSSR count).